The largest absolute Gasteiger partial charge is 0.464 e. The Balaban J connectivity index is 2.53. The summed E-state index contributed by atoms with van der Waals surface area (Å²) >= 11 is 0. The van der Waals surface area contributed by atoms with Crippen LogP contribution in [0.4, 0.5) is 0 Å². The van der Waals surface area contributed by atoms with Crippen LogP contribution >= 0.6 is 0 Å². The summed E-state index contributed by atoms with van der Waals surface area (Å²) in [5, 5.41) is 2.17. The van der Waals surface area contributed by atoms with E-state index in [-0.39, 0.29) is 5.70 Å². The van der Waals surface area contributed by atoms with Gasteiger partial charge in [0.1, 0.15) is 5.70 Å². The number of ether oxygens (including phenoxy) is 1. The third-order valence-electron chi connectivity index (χ3n) is 2.56. The lowest BCUT2D eigenvalue weighted by Crippen LogP contribution is -2.12. The van der Waals surface area contributed by atoms with Crippen LogP contribution < -0.4 is 5.73 Å². The zero-order valence-corrected chi connectivity index (χ0v) is 9.51. The van der Waals surface area contributed by atoms with E-state index >= 15 is 0 Å². The SMILES string of the molecule is COC(=O)/C(N)=C\c1cccc2ccccc12. The molecule has 0 saturated carbocycles. The van der Waals surface area contributed by atoms with Crippen molar-refractivity contribution >= 4 is 22.8 Å². The molecule has 0 bridgehead atoms. The zero-order valence-electron chi connectivity index (χ0n) is 9.51. The highest BCUT2D eigenvalue weighted by Gasteiger charge is 2.05. The summed E-state index contributed by atoms with van der Waals surface area (Å²) in [6.45, 7) is 0. The van der Waals surface area contributed by atoms with Crippen LogP contribution in [0.15, 0.2) is 48.2 Å². The summed E-state index contributed by atoms with van der Waals surface area (Å²) in [5.41, 5.74) is 6.65. The quantitative estimate of drug-likeness (QED) is 0.632. The van der Waals surface area contributed by atoms with Gasteiger partial charge in [0.25, 0.3) is 0 Å². The van der Waals surface area contributed by atoms with E-state index in [2.05, 4.69) is 4.74 Å². The predicted molar refractivity (Wildman–Crippen MR) is 68.1 cm³/mol. The van der Waals surface area contributed by atoms with E-state index in [4.69, 9.17) is 5.73 Å². The minimum atomic E-state index is -0.516. The van der Waals surface area contributed by atoms with Gasteiger partial charge in [-0.25, -0.2) is 4.79 Å². The average Bonchev–Trinajstić information content (AvgIpc) is 2.38. The van der Waals surface area contributed by atoms with Crippen LogP contribution in [-0.4, -0.2) is 13.1 Å². The number of carbonyl (C=O) groups is 1. The number of hydrogen-bond donors (Lipinski definition) is 1. The first-order valence-electron chi connectivity index (χ1n) is 5.25. The molecule has 0 aromatic heterocycles. The molecule has 0 amide bonds. The molecule has 0 saturated heterocycles. The second-order valence-corrected chi connectivity index (χ2v) is 3.66. The maximum absolute atomic E-state index is 11.2. The highest BCUT2D eigenvalue weighted by Crippen LogP contribution is 2.20. The highest BCUT2D eigenvalue weighted by molar-refractivity contribution is 5.97. The molecule has 0 heterocycles. The van der Waals surface area contributed by atoms with Gasteiger partial charge in [0.15, 0.2) is 0 Å². The molecule has 0 aliphatic rings. The van der Waals surface area contributed by atoms with E-state index in [0.29, 0.717) is 0 Å². The van der Waals surface area contributed by atoms with Crippen LogP contribution in [0.5, 0.6) is 0 Å². The molecule has 0 aliphatic carbocycles. The molecule has 0 radical (unpaired) electrons. The van der Waals surface area contributed by atoms with Crippen LogP contribution in [0.2, 0.25) is 0 Å². The van der Waals surface area contributed by atoms with Crippen LogP contribution in [0, 0.1) is 0 Å². The zero-order chi connectivity index (χ0) is 12.3. The molecule has 0 fully saturated rings. The second-order valence-electron chi connectivity index (χ2n) is 3.66. The number of fused-ring (bicyclic) bond motifs is 1. The number of benzene rings is 2. The van der Waals surface area contributed by atoms with Crippen LogP contribution in [0.3, 0.4) is 0 Å². The van der Waals surface area contributed by atoms with Crippen LogP contribution in [-0.2, 0) is 9.53 Å². The molecule has 0 atom stereocenters. The van der Waals surface area contributed by atoms with E-state index in [1.807, 2.05) is 42.5 Å². The fourth-order valence-corrected chi connectivity index (χ4v) is 1.72. The van der Waals surface area contributed by atoms with Crippen molar-refractivity contribution in [1.82, 2.24) is 0 Å². The first-order chi connectivity index (χ1) is 8.22. The maximum Gasteiger partial charge on any atom is 0.353 e. The van der Waals surface area contributed by atoms with Gasteiger partial charge in [0.2, 0.25) is 0 Å². The van der Waals surface area contributed by atoms with Crippen molar-refractivity contribution in [1.29, 1.82) is 0 Å². The van der Waals surface area contributed by atoms with Gasteiger partial charge >= 0.3 is 5.97 Å². The second kappa shape index (κ2) is 4.70. The molecular weight excluding hydrogens is 214 g/mol. The molecule has 17 heavy (non-hydrogen) atoms. The van der Waals surface area contributed by atoms with Crippen molar-refractivity contribution in [3.63, 3.8) is 0 Å². The Morgan fingerprint density at radius 1 is 1.18 bits per heavy atom. The molecule has 2 aromatic rings. The first-order valence-corrected chi connectivity index (χ1v) is 5.25. The molecule has 3 heteroatoms. The molecule has 0 unspecified atom stereocenters. The van der Waals surface area contributed by atoms with E-state index in [1.54, 1.807) is 6.08 Å². The normalized spacial score (nSPS) is 11.5. The fraction of sp³-hybridized carbons (Fsp3) is 0.0714. The van der Waals surface area contributed by atoms with Crippen molar-refractivity contribution in [3.8, 4) is 0 Å². The topological polar surface area (TPSA) is 52.3 Å². The van der Waals surface area contributed by atoms with Crippen molar-refractivity contribution in [2.24, 2.45) is 5.73 Å². The number of rotatable bonds is 2. The molecular formula is C14H13NO2. The van der Waals surface area contributed by atoms with Gasteiger partial charge in [-0.1, -0.05) is 42.5 Å². The van der Waals surface area contributed by atoms with Crippen molar-refractivity contribution in [2.75, 3.05) is 7.11 Å². The standard InChI is InChI=1S/C14H13NO2/c1-17-14(16)13(15)9-11-7-4-6-10-5-2-3-8-12(10)11/h2-9H,15H2,1H3/b13-9+. The average molecular weight is 227 g/mol. The summed E-state index contributed by atoms with van der Waals surface area (Å²) < 4.78 is 4.56. The van der Waals surface area contributed by atoms with Gasteiger partial charge < -0.3 is 10.5 Å². The molecule has 0 aliphatic heterocycles. The minimum Gasteiger partial charge on any atom is -0.464 e. The third kappa shape index (κ3) is 2.28. The van der Waals surface area contributed by atoms with Gasteiger partial charge in [-0.3, -0.25) is 0 Å². The summed E-state index contributed by atoms with van der Waals surface area (Å²) in [7, 11) is 1.31. The lowest BCUT2D eigenvalue weighted by molar-refractivity contribution is -0.136. The Bertz CT molecular complexity index is 582. The summed E-state index contributed by atoms with van der Waals surface area (Å²) in [6.07, 6.45) is 1.63. The Morgan fingerprint density at radius 2 is 1.88 bits per heavy atom. The third-order valence-corrected chi connectivity index (χ3v) is 2.56. The smallest absolute Gasteiger partial charge is 0.353 e. The first kappa shape index (κ1) is 11.2. The number of methoxy groups -OCH3 is 1. The van der Waals surface area contributed by atoms with Crippen LogP contribution in [0.1, 0.15) is 5.56 Å². The molecule has 86 valence electrons. The van der Waals surface area contributed by atoms with Gasteiger partial charge in [0.05, 0.1) is 7.11 Å². The fourth-order valence-electron chi connectivity index (χ4n) is 1.72. The molecule has 2 aromatic carbocycles. The molecule has 0 spiro atoms. The predicted octanol–water partition coefficient (Wildman–Crippen LogP) is 2.31. The van der Waals surface area contributed by atoms with Crippen molar-refractivity contribution in [3.05, 3.63) is 53.7 Å². The Kier molecular flexibility index (Phi) is 3.10. The van der Waals surface area contributed by atoms with E-state index in [9.17, 15) is 4.79 Å². The monoisotopic (exact) mass is 227 g/mol. The number of hydrogen-bond acceptors (Lipinski definition) is 3. The Hall–Kier alpha value is -2.29. The minimum absolute atomic E-state index is 0.101. The maximum atomic E-state index is 11.2. The van der Waals surface area contributed by atoms with Crippen molar-refractivity contribution in [2.45, 2.75) is 0 Å². The van der Waals surface area contributed by atoms with E-state index in [0.717, 1.165) is 16.3 Å². The van der Waals surface area contributed by atoms with Crippen LogP contribution in [0.25, 0.3) is 16.8 Å². The number of nitrogens with two attached hydrogens (primary N) is 1. The summed E-state index contributed by atoms with van der Waals surface area (Å²) in [5.74, 6) is -0.516. The Morgan fingerprint density at radius 3 is 2.65 bits per heavy atom. The number of carbonyl (C=O) groups excluding carboxylic acids is 1. The summed E-state index contributed by atoms with van der Waals surface area (Å²) in [6, 6.07) is 13.8. The highest BCUT2D eigenvalue weighted by atomic mass is 16.5. The molecule has 2 N–H and O–H groups in total. The molecule has 2 rings (SSSR count). The molecule has 3 nitrogen and oxygen atoms in total. The van der Waals surface area contributed by atoms with Gasteiger partial charge in [-0.05, 0) is 22.4 Å². The lowest BCUT2D eigenvalue weighted by Gasteiger charge is -2.03. The van der Waals surface area contributed by atoms with Gasteiger partial charge in [-0.2, -0.15) is 0 Å². The van der Waals surface area contributed by atoms with Gasteiger partial charge in [0, 0.05) is 0 Å². The summed E-state index contributed by atoms with van der Waals surface area (Å²) in [4.78, 5) is 11.2. The van der Waals surface area contributed by atoms with E-state index in [1.165, 1.54) is 7.11 Å². The lowest BCUT2D eigenvalue weighted by atomic mass is 10.0. The van der Waals surface area contributed by atoms with Gasteiger partial charge in [-0.15, -0.1) is 0 Å². The van der Waals surface area contributed by atoms with Crippen molar-refractivity contribution < 1.29 is 9.53 Å². The van der Waals surface area contributed by atoms with E-state index < -0.39 is 5.97 Å². The Labute approximate surface area is 99.5 Å². The number of esters is 1.